The van der Waals surface area contributed by atoms with E-state index in [4.69, 9.17) is 14.2 Å². The van der Waals surface area contributed by atoms with E-state index in [0.29, 0.717) is 42.4 Å². The van der Waals surface area contributed by atoms with E-state index in [-0.39, 0.29) is 24.7 Å². The number of thioether (sulfide) groups is 1. The third-order valence-corrected chi connectivity index (χ3v) is 4.92. The van der Waals surface area contributed by atoms with Gasteiger partial charge in [0, 0.05) is 23.8 Å². The fraction of sp³-hybridized carbons (Fsp3) is 0.348. The van der Waals surface area contributed by atoms with Crippen LogP contribution in [0.25, 0.3) is 0 Å². The summed E-state index contributed by atoms with van der Waals surface area (Å²) in [6.07, 6.45) is 2.46. The Kier molecular flexibility index (Phi) is 9.90. The van der Waals surface area contributed by atoms with Gasteiger partial charge in [-0.3, -0.25) is 14.4 Å². The van der Waals surface area contributed by atoms with Gasteiger partial charge in [-0.1, -0.05) is 18.2 Å². The number of hydrogen-bond acceptors (Lipinski definition) is 7. The standard InChI is InChI=1S/C23H27NO6S/c1-4-28-20-8-5-6-9-21(20)29-13-7-10-23(27)30-15-19(26)17-11-12-22(31-3)18(14-17)24-16(2)25/h5-6,8-9,11-12,14H,4,7,10,13,15H2,1-3H3,(H,24,25). The molecule has 0 aliphatic heterocycles. The second-order valence-electron chi connectivity index (χ2n) is 6.51. The summed E-state index contributed by atoms with van der Waals surface area (Å²) in [5.74, 6) is 0.241. The third-order valence-electron chi connectivity index (χ3n) is 4.13. The minimum absolute atomic E-state index is 0.132. The number of rotatable bonds is 12. The topological polar surface area (TPSA) is 90.9 Å². The molecule has 0 fully saturated rings. The highest BCUT2D eigenvalue weighted by atomic mass is 32.2. The fourth-order valence-electron chi connectivity index (χ4n) is 2.71. The summed E-state index contributed by atoms with van der Waals surface area (Å²) in [6.45, 7) is 3.80. The Hall–Kier alpha value is -3.00. The van der Waals surface area contributed by atoms with Crippen LogP contribution in [0.3, 0.4) is 0 Å². The highest BCUT2D eigenvalue weighted by Crippen LogP contribution is 2.27. The van der Waals surface area contributed by atoms with Gasteiger partial charge in [-0.15, -0.1) is 11.8 Å². The summed E-state index contributed by atoms with van der Waals surface area (Å²) in [5, 5.41) is 2.70. The molecule has 2 aromatic rings. The minimum atomic E-state index is -0.474. The quantitative estimate of drug-likeness (QED) is 0.225. The molecule has 0 unspecified atom stereocenters. The summed E-state index contributed by atoms with van der Waals surface area (Å²) < 4.78 is 16.2. The summed E-state index contributed by atoms with van der Waals surface area (Å²) >= 11 is 1.46. The first-order valence-corrected chi connectivity index (χ1v) is 11.2. The molecule has 0 radical (unpaired) electrons. The van der Waals surface area contributed by atoms with Crippen LogP contribution < -0.4 is 14.8 Å². The van der Waals surface area contributed by atoms with Crippen molar-refractivity contribution < 1.29 is 28.6 Å². The Labute approximate surface area is 186 Å². The van der Waals surface area contributed by atoms with Gasteiger partial charge in [0.05, 0.1) is 18.9 Å². The Bertz CT molecular complexity index is 915. The summed E-state index contributed by atoms with van der Waals surface area (Å²) in [5.41, 5.74) is 0.923. The van der Waals surface area contributed by atoms with E-state index in [9.17, 15) is 14.4 Å². The van der Waals surface area contributed by atoms with Gasteiger partial charge in [0.1, 0.15) is 0 Å². The van der Waals surface area contributed by atoms with Crippen LogP contribution in [-0.2, 0) is 14.3 Å². The normalized spacial score (nSPS) is 10.3. The van der Waals surface area contributed by atoms with E-state index in [2.05, 4.69) is 5.32 Å². The van der Waals surface area contributed by atoms with E-state index < -0.39 is 5.97 Å². The maximum absolute atomic E-state index is 12.4. The maximum Gasteiger partial charge on any atom is 0.306 e. The summed E-state index contributed by atoms with van der Waals surface area (Å²) in [7, 11) is 0. The zero-order valence-electron chi connectivity index (χ0n) is 17.9. The molecule has 7 nitrogen and oxygen atoms in total. The van der Waals surface area contributed by atoms with Gasteiger partial charge < -0.3 is 19.5 Å². The number of benzene rings is 2. The van der Waals surface area contributed by atoms with Gasteiger partial charge in [0.25, 0.3) is 0 Å². The van der Waals surface area contributed by atoms with E-state index in [1.165, 1.54) is 18.7 Å². The molecule has 0 saturated carbocycles. The largest absolute Gasteiger partial charge is 0.490 e. The number of carbonyl (C=O) groups is 3. The molecule has 0 atom stereocenters. The third kappa shape index (κ3) is 7.97. The van der Waals surface area contributed by atoms with Crippen LogP contribution in [0.15, 0.2) is 47.4 Å². The van der Waals surface area contributed by atoms with Crippen LogP contribution in [0.4, 0.5) is 5.69 Å². The lowest BCUT2D eigenvalue weighted by molar-refractivity contribution is -0.142. The number of esters is 1. The molecular weight excluding hydrogens is 418 g/mol. The monoisotopic (exact) mass is 445 g/mol. The van der Waals surface area contributed by atoms with Crippen molar-refractivity contribution in [2.24, 2.45) is 0 Å². The van der Waals surface area contributed by atoms with Crippen LogP contribution >= 0.6 is 11.8 Å². The number of anilines is 1. The molecule has 166 valence electrons. The Morgan fingerprint density at radius 1 is 1.03 bits per heavy atom. The lowest BCUT2D eigenvalue weighted by Crippen LogP contribution is -2.15. The van der Waals surface area contributed by atoms with Crippen LogP contribution in [0.5, 0.6) is 11.5 Å². The first kappa shape index (κ1) is 24.3. The summed E-state index contributed by atoms with van der Waals surface area (Å²) in [4.78, 5) is 36.5. The van der Waals surface area contributed by atoms with E-state index in [0.717, 1.165) is 4.90 Å². The smallest absolute Gasteiger partial charge is 0.306 e. The molecule has 0 bridgehead atoms. The molecule has 0 heterocycles. The van der Waals surface area contributed by atoms with Gasteiger partial charge in [0.2, 0.25) is 5.91 Å². The van der Waals surface area contributed by atoms with E-state index in [1.807, 2.05) is 31.4 Å². The summed E-state index contributed by atoms with van der Waals surface area (Å²) in [6, 6.07) is 12.3. The average Bonchev–Trinajstić information content (AvgIpc) is 2.75. The van der Waals surface area contributed by atoms with Crippen LogP contribution in [0.1, 0.15) is 37.0 Å². The minimum Gasteiger partial charge on any atom is -0.490 e. The van der Waals surface area contributed by atoms with Crippen molar-refractivity contribution in [1.82, 2.24) is 0 Å². The zero-order chi connectivity index (χ0) is 22.6. The van der Waals surface area contributed by atoms with Gasteiger partial charge >= 0.3 is 5.97 Å². The molecule has 0 saturated heterocycles. The Balaban J connectivity index is 1.78. The second kappa shape index (κ2) is 12.6. The predicted molar refractivity (Wildman–Crippen MR) is 120 cm³/mol. The fourth-order valence-corrected chi connectivity index (χ4v) is 3.25. The molecule has 1 N–H and O–H groups in total. The number of Topliss-reactive ketones (excluding diaryl/α,β-unsaturated/α-hetero) is 1. The number of ketones is 1. The van der Waals surface area contributed by atoms with Gasteiger partial charge in [-0.2, -0.15) is 0 Å². The first-order chi connectivity index (χ1) is 14.9. The molecule has 1 amide bonds. The number of ether oxygens (including phenoxy) is 3. The highest BCUT2D eigenvalue weighted by Gasteiger charge is 2.13. The van der Waals surface area contributed by atoms with Crippen molar-refractivity contribution in [2.45, 2.75) is 31.6 Å². The predicted octanol–water partition coefficient (Wildman–Crippen LogP) is 4.35. The first-order valence-electron chi connectivity index (χ1n) is 9.93. The maximum atomic E-state index is 12.4. The molecule has 0 aliphatic carbocycles. The van der Waals surface area contributed by atoms with Crippen molar-refractivity contribution in [3.05, 3.63) is 48.0 Å². The molecule has 2 aromatic carbocycles. The molecule has 0 aromatic heterocycles. The van der Waals surface area contributed by atoms with Gasteiger partial charge in [-0.25, -0.2) is 0 Å². The lowest BCUT2D eigenvalue weighted by Gasteiger charge is -2.11. The molecular formula is C23H27NO6S. The van der Waals surface area contributed by atoms with E-state index >= 15 is 0 Å². The Morgan fingerprint density at radius 3 is 2.39 bits per heavy atom. The van der Waals surface area contributed by atoms with Crippen molar-refractivity contribution >= 4 is 35.1 Å². The number of amides is 1. The van der Waals surface area contributed by atoms with Crippen LogP contribution in [-0.4, -0.2) is 43.7 Å². The van der Waals surface area contributed by atoms with Crippen molar-refractivity contribution in [1.29, 1.82) is 0 Å². The SMILES string of the molecule is CCOc1ccccc1OCCCC(=O)OCC(=O)c1ccc(SC)c(NC(C)=O)c1. The second-order valence-corrected chi connectivity index (χ2v) is 7.36. The number of hydrogen-bond donors (Lipinski definition) is 1. The van der Waals surface area contributed by atoms with Crippen LogP contribution in [0, 0.1) is 0 Å². The molecule has 8 heteroatoms. The Morgan fingerprint density at radius 2 is 1.74 bits per heavy atom. The molecule has 0 spiro atoms. The zero-order valence-corrected chi connectivity index (χ0v) is 18.8. The van der Waals surface area contributed by atoms with Gasteiger partial charge in [0.15, 0.2) is 23.9 Å². The number of nitrogens with one attached hydrogen (secondary N) is 1. The van der Waals surface area contributed by atoms with Crippen molar-refractivity contribution in [2.75, 3.05) is 31.4 Å². The molecule has 31 heavy (non-hydrogen) atoms. The van der Waals surface area contributed by atoms with Crippen molar-refractivity contribution in [3.63, 3.8) is 0 Å². The lowest BCUT2D eigenvalue weighted by atomic mass is 10.1. The van der Waals surface area contributed by atoms with E-state index in [1.54, 1.807) is 24.3 Å². The number of para-hydroxylation sites is 2. The molecule has 0 aliphatic rings. The average molecular weight is 446 g/mol. The number of carbonyl (C=O) groups excluding carboxylic acids is 3. The van der Waals surface area contributed by atoms with Crippen LogP contribution in [0.2, 0.25) is 0 Å². The molecule has 2 rings (SSSR count). The highest BCUT2D eigenvalue weighted by molar-refractivity contribution is 7.98. The van der Waals surface area contributed by atoms with Crippen molar-refractivity contribution in [3.8, 4) is 11.5 Å². The van der Waals surface area contributed by atoms with Gasteiger partial charge in [-0.05, 0) is 43.9 Å².